The fourth-order valence-electron chi connectivity index (χ4n) is 4.69. The molecule has 2 amide bonds. The molecule has 7 heteroatoms. The minimum atomic E-state index is -0.598. The molecular formula is C23H38N2O5. The van der Waals surface area contributed by atoms with Crippen LogP contribution >= 0.6 is 0 Å². The van der Waals surface area contributed by atoms with Gasteiger partial charge in [0.15, 0.2) is 0 Å². The molecule has 0 radical (unpaired) electrons. The van der Waals surface area contributed by atoms with E-state index in [4.69, 9.17) is 9.84 Å². The molecule has 0 spiro atoms. The number of carbonyl (C=O) groups excluding carboxylic acids is 3. The summed E-state index contributed by atoms with van der Waals surface area (Å²) >= 11 is 0. The Hall–Kier alpha value is -1.89. The van der Waals surface area contributed by atoms with E-state index in [2.05, 4.69) is 12.2 Å². The first kappa shape index (κ1) is 24.4. The van der Waals surface area contributed by atoms with Crippen LogP contribution in [-0.4, -0.2) is 60.1 Å². The fourth-order valence-corrected chi connectivity index (χ4v) is 4.69. The second-order valence-electron chi connectivity index (χ2n) is 8.38. The topological polar surface area (TPSA) is 95.9 Å². The van der Waals surface area contributed by atoms with Gasteiger partial charge >= 0.3 is 5.97 Å². The lowest BCUT2D eigenvalue weighted by Crippen LogP contribution is -2.47. The van der Waals surface area contributed by atoms with Gasteiger partial charge in [0.05, 0.1) is 18.4 Å². The van der Waals surface area contributed by atoms with Crippen LogP contribution < -0.4 is 5.32 Å². The van der Waals surface area contributed by atoms with E-state index in [0.29, 0.717) is 25.9 Å². The number of fused-ring (bicyclic) bond motifs is 1. The normalized spacial score (nSPS) is 27.8. The number of likely N-dealkylation sites (tertiary alicyclic amines) is 1. The fraction of sp³-hybridized carbons (Fsp3) is 0.783. The first-order valence-electron chi connectivity index (χ1n) is 11.5. The van der Waals surface area contributed by atoms with E-state index in [0.717, 1.165) is 25.7 Å². The molecule has 0 unspecified atom stereocenters. The Morgan fingerprint density at radius 1 is 1.13 bits per heavy atom. The summed E-state index contributed by atoms with van der Waals surface area (Å²) < 4.78 is 5.27. The third-order valence-electron chi connectivity index (χ3n) is 6.24. The van der Waals surface area contributed by atoms with Crippen LogP contribution in [0.5, 0.6) is 0 Å². The van der Waals surface area contributed by atoms with Gasteiger partial charge in [-0.2, -0.15) is 0 Å². The standard InChI is InChI=1S/C23H38N2O5/c1-4-6-8-13-24-21(27)20-17-12-11-16(3)18(23(29)30-5-2)19(17)22(28)25(20)14-9-7-10-15-26/h11-12,16-20,26H,4-10,13-15H2,1-3H3,(H,24,27)/t16-,17+,18-,19-,20+/m1/s1. The lowest BCUT2D eigenvalue weighted by Gasteiger charge is -2.32. The van der Waals surface area contributed by atoms with Gasteiger partial charge < -0.3 is 20.1 Å². The predicted molar refractivity (Wildman–Crippen MR) is 114 cm³/mol. The highest BCUT2D eigenvalue weighted by molar-refractivity contribution is 5.96. The van der Waals surface area contributed by atoms with Gasteiger partial charge in [-0.25, -0.2) is 0 Å². The van der Waals surface area contributed by atoms with E-state index in [-0.39, 0.29) is 42.8 Å². The average molecular weight is 423 g/mol. The van der Waals surface area contributed by atoms with Gasteiger partial charge in [0.1, 0.15) is 6.04 Å². The Bertz CT molecular complexity index is 621. The molecule has 0 aromatic heterocycles. The summed E-state index contributed by atoms with van der Waals surface area (Å²) in [6, 6.07) is -0.598. The highest BCUT2D eigenvalue weighted by Crippen LogP contribution is 2.44. The minimum absolute atomic E-state index is 0.114. The number of aliphatic hydroxyl groups is 1. The number of amides is 2. The number of carbonyl (C=O) groups is 3. The van der Waals surface area contributed by atoms with Crippen molar-refractivity contribution in [3.63, 3.8) is 0 Å². The van der Waals surface area contributed by atoms with Crippen LogP contribution in [0.15, 0.2) is 12.2 Å². The van der Waals surface area contributed by atoms with E-state index < -0.39 is 17.9 Å². The number of hydrogen-bond acceptors (Lipinski definition) is 5. The summed E-state index contributed by atoms with van der Waals surface area (Å²) in [6.07, 6.45) is 9.10. The molecule has 2 aliphatic rings. The third-order valence-corrected chi connectivity index (χ3v) is 6.24. The van der Waals surface area contributed by atoms with Crippen LogP contribution in [0.25, 0.3) is 0 Å². The van der Waals surface area contributed by atoms with Crippen molar-refractivity contribution in [3.8, 4) is 0 Å². The zero-order chi connectivity index (χ0) is 22.1. The zero-order valence-electron chi connectivity index (χ0n) is 18.6. The second-order valence-corrected chi connectivity index (χ2v) is 8.38. The molecule has 1 fully saturated rings. The molecule has 30 heavy (non-hydrogen) atoms. The Labute approximate surface area is 180 Å². The predicted octanol–water partition coefficient (Wildman–Crippen LogP) is 2.28. The van der Waals surface area contributed by atoms with E-state index >= 15 is 0 Å². The van der Waals surface area contributed by atoms with Crippen molar-refractivity contribution in [2.24, 2.45) is 23.7 Å². The number of unbranched alkanes of at least 4 members (excludes halogenated alkanes) is 4. The number of hydrogen-bond donors (Lipinski definition) is 2. The minimum Gasteiger partial charge on any atom is -0.466 e. The number of allylic oxidation sites excluding steroid dienone is 1. The Morgan fingerprint density at radius 2 is 1.90 bits per heavy atom. The van der Waals surface area contributed by atoms with Gasteiger partial charge in [-0.05, 0) is 38.5 Å². The highest BCUT2D eigenvalue weighted by Gasteiger charge is 2.56. The van der Waals surface area contributed by atoms with Crippen molar-refractivity contribution in [3.05, 3.63) is 12.2 Å². The Kier molecular flexibility index (Phi) is 9.82. The van der Waals surface area contributed by atoms with Gasteiger partial charge in [-0.15, -0.1) is 0 Å². The molecule has 0 aromatic rings. The maximum Gasteiger partial charge on any atom is 0.310 e. The number of esters is 1. The van der Waals surface area contributed by atoms with Crippen LogP contribution in [0.3, 0.4) is 0 Å². The molecule has 2 rings (SSSR count). The van der Waals surface area contributed by atoms with Crippen molar-refractivity contribution in [2.45, 2.75) is 65.3 Å². The molecule has 0 aromatic carbocycles. The van der Waals surface area contributed by atoms with Gasteiger partial charge in [0.2, 0.25) is 11.8 Å². The number of aliphatic hydroxyl groups excluding tert-OH is 1. The van der Waals surface area contributed by atoms with Gasteiger partial charge in [-0.1, -0.05) is 38.8 Å². The smallest absolute Gasteiger partial charge is 0.310 e. The van der Waals surface area contributed by atoms with Gasteiger partial charge in [0, 0.05) is 25.6 Å². The maximum absolute atomic E-state index is 13.4. The van der Waals surface area contributed by atoms with Crippen molar-refractivity contribution in [2.75, 3.05) is 26.3 Å². The molecule has 2 N–H and O–H groups in total. The number of nitrogens with zero attached hydrogens (tertiary/aromatic N) is 1. The summed E-state index contributed by atoms with van der Waals surface area (Å²) in [5, 5.41) is 12.0. The Morgan fingerprint density at radius 3 is 2.57 bits per heavy atom. The van der Waals surface area contributed by atoms with Gasteiger partial charge in [-0.3, -0.25) is 14.4 Å². The lowest BCUT2D eigenvalue weighted by atomic mass is 9.70. The van der Waals surface area contributed by atoms with E-state index in [1.807, 2.05) is 19.1 Å². The highest BCUT2D eigenvalue weighted by atomic mass is 16.5. The largest absolute Gasteiger partial charge is 0.466 e. The maximum atomic E-state index is 13.4. The van der Waals surface area contributed by atoms with E-state index in [9.17, 15) is 14.4 Å². The van der Waals surface area contributed by atoms with Crippen LogP contribution in [0.4, 0.5) is 0 Å². The average Bonchev–Trinajstić information content (AvgIpc) is 3.00. The number of rotatable bonds is 12. The zero-order valence-corrected chi connectivity index (χ0v) is 18.6. The molecule has 170 valence electrons. The van der Waals surface area contributed by atoms with Crippen molar-refractivity contribution in [1.29, 1.82) is 0 Å². The molecule has 1 aliphatic heterocycles. The second kappa shape index (κ2) is 12.1. The lowest BCUT2D eigenvalue weighted by molar-refractivity contribution is -0.155. The Balaban J connectivity index is 2.23. The quantitative estimate of drug-likeness (QED) is 0.286. The molecule has 1 heterocycles. The molecule has 0 saturated carbocycles. The van der Waals surface area contributed by atoms with Crippen LogP contribution in [0.1, 0.15) is 59.3 Å². The first-order chi connectivity index (χ1) is 14.5. The van der Waals surface area contributed by atoms with Gasteiger partial charge in [0.25, 0.3) is 0 Å². The van der Waals surface area contributed by atoms with Crippen molar-refractivity contribution < 1.29 is 24.2 Å². The van der Waals surface area contributed by atoms with Crippen molar-refractivity contribution in [1.82, 2.24) is 10.2 Å². The summed E-state index contributed by atoms with van der Waals surface area (Å²) in [7, 11) is 0. The number of ether oxygens (including phenoxy) is 1. The first-order valence-corrected chi connectivity index (χ1v) is 11.5. The van der Waals surface area contributed by atoms with E-state index in [1.165, 1.54) is 0 Å². The monoisotopic (exact) mass is 422 g/mol. The van der Waals surface area contributed by atoms with E-state index in [1.54, 1.807) is 11.8 Å². The molecule has 1 saturated heterocycles. The van der Waals surface area contributed by atoms with Crippen LogP contribution in [-0.2, 0) is 19.1 Å². The molecule has 1 aliphatic carbocycles. The van der Waals surface area contributed by atoms with Crippen LogP contribution in [0.2, 0.25) is 0 Å². The summed E-state index contributed by atoms with van der Waals surface area (Å²) in [4.78, 5) is 40.8. The third kappa shape index (κ3) is 5.62. The molecule has 5 atom stereocenters. The number of nitrogens with one attached hydrogen (secondary N) is 1. The molecule has 7 nitrogen and oxygen atoms in total. The summed E-state index contributed by atoms with van der Waals surface area (Å²) in [5.74, 6) is -2.20. The summed E-state index contributed by atoms with van der Waals surface area (Å²) in [5.41, 5.74) is 0. The van der Waals surface area contributed by atoms with Crippen LogP contribution in [0, 0.1) is 23.7 Å². The molecular weight excluding hydrogens is 384 g/mol. The summed E-state index contributed by atoms with van der Waals surface area (Å²) in [6.45, 7) is 7.22. The molecule has 0 bridgehead atoms. The SMILES string of the molecule is CCCCCNC(=O)[C@@H]1[C@H]2C=C[C@@H](C)[C@@H](C(=O)OCC)[C@@H]2C(=O)N1CCCCCO. The van der Waals surface area contributed by atoms with Crippen molar-refractivity contribution >= 4 is 17.8 Å².